The second-order valence-corrected chi connectivity index (χ2v) is 3.15. The lowest BCUT2D eigenvalue weighted by Gasteiger charge is -1.87. The van der Waals surface area contributed by atoms with Gasteiger partial charge in [-0.25, -0.2) is 4.98 Å². The second kappa shape index (κ2) is 3.52. The maximum absolute atomic E-state index is 4.32. The van der Waals surface area contributed by atoms with Crippen LogP contribution in [0.5, 0.6) is 0 Å². The Morgan fingerprint density at radius 1 is 1.80 bits per heavy atom. The van der Waals surface area contributed by atoms with Crippen molar-refractivity contribution in [3.63, 3.8) is 0 Å². The molecular formula is C8H11NS. The first kappa shape index (κ1) is 7.48. The highest BCUT2D eigenvalue weighted by Gasteiger charge is 1.94. The van der Waals surface area contributed by atoms with Crippen LogP contribution >= 0.6 is 11.3 Å². The molecule has 0 saturated heterocycles. The average molecular weight is 153 g/mol. The summed E-state index contributed by atoms with van der Waals surface area (Å²) in [5, 5.41) is 3.30. The van der Waals surface area contributed by atoms with Crippen molar-refractivity contribution in [3.8, 4) is 0 Å². The molecule has 2 heteroatoms. The summed E-state index contributed by atoms with van der Waals surface area (Å²) in [6, 6.07) is 0. The summed E-state index contributed by atoms with van der Waals surface area (Å²) in [5.74, 6) is 0. The Balaban J connectivity index is 2.49. The van der Waals surface area contributed by atoms with Crippen LogP contribution in [0.2, 0.25) is 0 Å². The Bertz CT molecular complexity index is 215. The molecule has 1 rings (SSSR count). The number of hydrogen-bond donors (Lipinski definition) is 0. The van der Waals surface area contributed by atoms with E-state index in [1.54, 1.807) is 11.3 Å². The molecule has 0 aromatic carbocycles. The minimum absolute atomic E-state index is 1.03. The van der Waals surface area contributed by atoms with E-state index in [4.69, 9.17) is 0 Å². The van der Waals surface area contributed by atoms with Gasteiger partial charge in [0, 0.05) is 17.5 Å². The van der Waals surface area contributed by atoms with Gasteiger partial charge in [-0.3, -0.25) is 0 Å². The monoisotopic (exact) mass is 153 g/mol. The molecule has 1 nitrogen and oxygen atoms in total. The molecule has 0 amide bonds. The van der Waals surface area contributed by atoms with Crippen molar-refractivity contribution in [1.82, 2.24) is 4.98 Å². The van der Waals surface area contributed by atoms with Gasteiger partial charge in [-0.2, -0.15) is 0 Å². The van der Waals surface area contributed by atoms with Crippen LogP contribution in [0, 0.1) is 6.92 Å². The van der Waals surface area contributed by atoms with Gasteiger partial charge in [0.25, 0.3) is 0 Å². The van der Waals surface area contributed by atoms with Crippen LogP contribution in [0.1, 0.15) is 17.1 Å². The van der Waals surface area contributed by atoms with Crippen molar-refractivity contribution in [2.45, 2.75) is 19.8 Å². The highest BCUT2D eigenvalue weighted by atomic mass is 32.1. The average Bonchev–Trinajstić information content (AvgIpc) is 2.31. The zero-order valence-corrected chi connectivity index (χ0v) is 6.95. The van der Waals surface area contributed by atoms with E-state index in [1.165, 1.54) is 5.01 Å². The Labute approximate surface area is 65.4 Å². The minimum atomic E-state index is 1.03. The SMILES string of the molecule is C=CCCc1nc(C)cs1. The number of hydrogen-bond acceptors (Lipinski definition) is 2. The fraction of sp³-hybridized carbons (Fsp3) is 0.375. The van der Waals surface area contributed by atoms with E-state index in [0.717, 1.165) is 18.5 Å². The Morgan fingerprint density at radius 3 is 3.10 bits per heavy atom. The summed E-state index contributed by atoms with van der Waals surface area (Å²) < 4.78 is 0. The van der Waals surface area contributed by atoms with Gasteiger partial charge in [0.2, 0.25) is 0 Å². The lowest BCUT2D eigenvalue weighted by atomic mass is 10.3. The quantitative estimate of drug-likeness (QED) is 0.608. The van der Waals surface area contributed by atoms with Crippen molar-refractivity contribution in [2.75, 3.05) is 0 Å². The molecule has 0 radical (unpaired) electrons. The zero-order chi connectivity index (χ0) is 7.40. The topological polar surface area (TPSA) is 12.9 Å². The van der Waals surface area contributed by atoms with E-state index in [-0.39, 0.29) is 0 Å². The Kier molecular flexibility index (Phi) is 2.63. The van der Waals surface area contributed by atoms with Crippen LogP contribution in [-0.2, 0) is 6.42 Å². The summed E-state index contributed by atoms with van der Waals surface area (Å²) in [6.07, 6.45) is 4.01. The van der Waals surface area contributed by atoms with Crippen LogP contribution in [-0.4, -0.2) is 4.98 Å². The molecule has 0 atom stereocenters. The van der Waals surface area contributed by atoms with Gasteiger partial charge in [0.15, 0.2) is 0 Å². The molecule has 1 heterocycles. The molecule has 0 aliphatic rings. The first-order valence-corrected chi connectivity index (χ1v) is 4.23. The van der Waals surface area contributed by atoms with Crippen molar-refractivity contribution in [3.05, 3.63) is 28.7 Å². The third-order valence-electron chi connectivity index (χ3n) is 1.23. The fourth-order valence-electron chi connectivity index (χ4n) is 0.743. The van der Waals surface area contributed by atoms with Gasteiger partial charge in [-0.1, -0.05) is 6.08 Å². The molecule has 0 bridgehead atoms. The Morgan fingerprint density at radius 2 is 2.60 bits per heavy atom. The van der Waals surface area contributed by atoms with Crippen molar-refractivity contribution < 1.29 is 0 Å². The van der Waals surface area contributed by atoms with Crippen molar-refractivity contribution in [2.24, 2.45) is 0 Å². The lowest BCUT2D eigenvalue weighted by molar-refractivity contribution is 0.972. The normalized spacial score (nSPS) is 9.70. The number of rotatable bonds is 3. The standard InChI is InChI=1S/C8H11NS/c1-3-4-5-8-9-7(2)6-10-8/h3,6H,1,4-5H2,2H3. The number of nitrogens with zero attached hydrogens (tertiary/aromatic N) is 1. The van der Waals surface area contributed by atoms with Gasteiger partial charge >= 0.3 is 0 Å². The number of aryl methyl sites for hydroxylation is 2. The summed E-state index contributed by atoms with van der Waals surface area (Å²) in [7, 11) is 0. The summed E-state index contributed by atoms with van der Waals surface area (Å²) in [4.78, 5) is 4.32. The predicted molar refractivity (Wildman–Crippen MR) is 45.4 cm³/mol. The van der Waals surface area contributed by atoms with Gasteiger partial charge in [-0.15, -0.1) is 17.9 Å². The van der Waals surface area contributed by atoms with Crippen LogP contribution in [0.25, 0.3) is 0 Å². The molecule has 0 spiro atoms. The third kappa shape index (κ3) is 1.95. The van der Waals surface area contributed by atoms with Gasteiger partial charge in [0.05, 0.1) is 5.01 Å². The van der Waals surface area contributed by atoms with Crippen molar-refractivity contribution >= 4 is 11.3 Å². The molecule has 1 aromatic rings. The van der Waals surface area contributed by atoms with Gasteiger partial charge in [-0.05, 0) is 13.3 Å². The van der Waals surface area contributed by atoms with E-state index in [9.17, 15) is 0 Å². The van der Waals surface area contributed by atoms with E-state index < -0.39 is 0 Å². The minimum Gasteiger partial charge on any atom is -0.247 e. The number of thiazole rings is 1. The maximum Gasteiger partial charge on any atom is 0.0931 e. The highest BCUT2D eigenvalue weighted by Crippen LogP contribution is 2.10. The van der Waals surface area contributed by atoms with Crippen molar-refractivity contribution in [1.29, 1.82) is 0 Å². The first-order chi connectivity index (χ1) is 4.83. The van der Waals surface area contributed by atoms with Gasteiger partial charge in [0.1, 0.15) is 0 Å². The molecule has 0 saturated carbocycles. The molecule has 0 N–H and O–H groups in total. The smallest absolute Gasteiger partial charge is 0.0931 e. The molecule has 54 valence electrons. The fourth-order valence-corrected chi connectivity index (χ4v) is 1.53. The van der Waals surface area contributed by atoms with Crippen LogP contribution in [0.15, 0.2) is 18.0 Å². The van der Waals surface area contributed by atoms with E-state index in [0.29, 0.717) is 0 Å². The van der Waals surface area contributed by atoms with E-state index in [2.05, 4.69) is 16.9 Å². The summed E-state index contributed by atoms with van der Waals surface area (Å²) in [6.45, 7) is 5.68. The second-order valence-electron chi connectivity index (χ2n) is 2.21. The lowest BCUT2D eigenvalue weighted by Crippen LogP contribution is -1.80. The molecular weight excluding hydrogens is 142 g/mol. The Hall–Kier alpha value is -0.630. The van der Waals surface area contributed by atoms with Gasteiger partial charge < -0.3 is 0 Å². The molecule has 1 aromatic heterocycles. The van der Waals surface area contributed by atoms with Crippen LogP contribution in [0.3, 0.4) is 0 Å². The first-order valence-electron chi connectivity index (χ1n) is 3.35. The summed E-state index contributed by atoms with van der Waals surface area (Å²) >= 11 is 1.73. The maximum atomic E-state index is 4.32. The molecule has 0 aliphatic carbocycles. The number of allylic oxidation sites excluding steroid dienone is 1. The van der Waals surface area contributed by atoms with E-state index >= 15 is 0 Å². The predicted octanol–water partition coefficient (Wildman–Crippen LogP) is 2.57. The number of aromatic nitrogens is 1. The third-order valence-corrected chi connectivity index (χ3v) is 2.26. The zero-order valence-electron chi connectivity index (χ0n) is 6.13. The molecule has 0 fully saturated rings. The molecule has 0 aliphatic heterocycles. The highest BCUT2D eigenvalue weighted by molar-refractivity contribution is 7.09. The van der Waals surface area contributed by atoms with E-state index in [1.807, 2.05) is 13.0 Å². The molecule has 10 heavy (non-hydrogen) atoms. The van der Waals surface area contributed by atoms with Crippen LogP contribution < -0.4 is 0 Å². The summed E-state index contributed by atoms with van der Waals surface area (Å²) in [5.41, 5.74) is 1.13. The molecule has 0 unspecified atom stereocenters. The largest absolute Gasteiger partial charge is 0.247 e. The van der Waals surface area contributed by atoms with Crippen LogP contribution in [0.4, 0.5) is 0 Å².